The van der Waals surface area contributed by atoms with Crippen LogP contribution in [0.4, 0.5) is 0 Å². The van der Waals surface area contributed by atoms with Crippen molar-refractivity contribution in [2.75, 3.05) is 20.2 Å². The molecule has 1 saturated heterocycles. The van der Waals surface area contributed by atoms with Gasteiger partial charge in [-0.05, 0) is 70.1 Å². The van der Waals surface area contributed by atoms with Crippen LogP contribution in [0.1, 0.15) is 61.9 Å². The molecular formula is C20H31NO3. The zero-order chi connectivity index (χ0) is 17.6. The van der Waals surface area contributed by atoms with Crippen LogP contribution in [-0.4, -0.2) is 47.8 Å². The van der Waals surface area contributed by atoms with Crippen molar-refractivity contribution in [1.82, 2.24) is 4.90 Å². The minimum atomic E-state index is -0.684. The Bertz CT molecular complexity index is 530. The van der Waals surface area contributed by atoms with Crippen LogP contribution in [0.5, 0.6) is 0 Å². The highest BCUT2D eigenvalue weighted by molar-refractivity contribution is 5.94. The Balaban J connectivity index is 1.88. The average molecular weight is 333 g/mol. The molecule has 0 unspecified atom stereocenters. The SMILES string of the molecule is CN(CC[C@@H]1CCCCO1)C(=O)c1cccc(CCC(C)(C)O)c1. The van der Waals surface area contributed by atoms with Gasteiger partial charge in [0.1, 0.15) is 0 Å². The van der Waals surface area contributed by atoms with E-state index in [-0.39, 0.29) is 5.91 Å². The topological polar surface area (TPSA) is 49.8 Å². The van der Waals surface area contributed by atoms with E-state index in [0.717, 1.165) is 50.0 Å². The molecule has 1 atom stereocenters. The Labute approximate surface area is 145 Å². The van der Waals surface area contributed by atoms with Crippen LogP contribution >= 0.6 is 0 Å². The number of carbonyl (C=O) groups excluding carboxylic acids is 1. The molecule has 0 spiro atoms. The fourth-order valence-corrected chi connectivity index (χ4v) is 3.00. The first-order chi connectivity index (χ1) is 11.3. The fraction of sp³-hybridized carbons (Fsp3) is 0.650. The molecule has 0 radical (unpaired) electrons. The van der Waals surface area contributed by atoms with Gasteiger partial charge in [0.2, 0.25) is 0 Å². The van der Waals surface area contributed by atoms with E-state index in [9.17, 15) is 9.90 Å². The predicted octanol–water partition coefficient (Wildman–Crippen LogP) is 3.42. The van der Waals surface area contributed by atoms with Gasteiger partial charge in [-0.2, -0.15) is 0 Å². The van der Waals surface area contributed by atoms with Crippen molar-refractivity contribution in [3.05, 3.63) is 35.4 Å². The van der Waals surface area contributed by atoms with Gasteiger partial charge in [0.15, 0.2) is 0 Å². The molecule has 1 aromatic rings. The molecule has 134 valence electrons. The maximum Gasteiger partial charge on any atom is 0.253 e. The number of carbonyl (C=O) groups is 1. The zero-order valence-corrected chi connectivity index (χ0v) is 15.3. The Hall–Kier alpha value is -1.39. The van der Waals surface area contributed by atoms with Gasteiger partial charge >= 0.3 is 0 Å². The van der Waals surface area contributed by atoms with Crippen molar-refractivity contribution in [2.45, 2.75) is 64.1 Å². The van der Waals surface area contributed by atoms with Crippen molar-refractivity contribution in [3.63, 3.8) is 0 Å². The van der Waals surface area contributed by atoms with E-state index in [4.69, 9.17) is 4.74 Å². The van der Waals surface area contributed by atoms with Gasteiger partial charge in [-0.15, -0.1) is 0 Å². The van der Waals surface area contributed by atoms with Crippen molar-refractivity contribution < 1.29 is 14.6 Å². The van der Waals surface area contributed by atoms with E-state index in [1.165, 1.54) is 6.42 Å². The third-order valence-corrected chi connectivity index (χ3v) is 4.61. The Morgan fingerprint density at radius 3 is 2.83 bits per heavy atom. The molecule has 0 bridgehead atoms. The van der Waals surface area contributed by atoms with Gasteiger partial charge < -0.3 is 14.7 Å². The summed E-state index contributed by atoms with van der Waals surface area (Å²) in [7, 11) is 1.86. The Morgan fingerprint density at radius 1 is 1.38 bits per heavy atom. The number of hydrogen-bond donors (Lipinski definition) is 1. The number of benzene rings is 1. The molecule has 24 heavy (non-hydrogen) atoms. The van der Waals surface area contributed by atoms with Crippen LogP contribution in [0.25, 0.3) is 0 Å². The van der Waals surface area contributed by atoms with Gasteiger partial charge in [-0.1, -0.05) is 12.1 Å². The normalized spacial score (nSPS) is 18.4. The second-order valence-electron chi connectivity index (χ2n) is 7.52. The number of nitrogens with zero attached hydrogens (tertiary/aromatic N) is 1. The van der Waals surface area contributed by atoms with Gasteiger partial charge in [-0.3, -0.25) is 4.79 Å². The van der Waals surface area contributed by atoms with Gasteiger partial charge in [0.25, 0.3) is 5.91 Å². The summed E-state index contributed by atoms with van der Waals surface area (Å²) in [6.07, 6.45) is 6.14. The lowest BCUT2D eigenvalue weighted by molar-refractivity contribution is 0.00709. The highest BCUT2D eigenvalue weighted by atomic mass is 16.5. The third kappa shape index (κ3) is 6.25. The number of rotatable bonds is 7. The first-order valence-corrected chi connectivity index (χ1v) is 9.03. The molecule has 4 heteroatoms. The summed E-state index contributed by atoms with van der Waals surface area (Å²) in [6, 6.07) is 7.74. The van der Waals surface area contributed by atoms with E-state index in [0.29, 0.717) is 12.5 Å². The maximum absolute atomic E-state index is 12.6. The highest BCUT2D eigenvalue weighted by Gasteiger charge is 2.18. The number of ether oxygens (including phenoxy) is 1. The first-order valence-electron chi connectivity index (χ1n) is 9.03. The number of amides is 1. The molecule has 1 aromatic carbocycles. The van der Waals surface area contributed by atoms with Crippen LogP contribution in [0.15, 0.2) is 24.3 Å². The van der Waals surface area contributed by atoms with Crippen molar-refractivity contribution in [3.8, 4) is 0 Å². The summed E-state index contributed by atoms with van der Waals surface area (Å²) in [5.41, 5.74) is 1.12. The van der Waals surface area contributed by atoms with Crippen molar-refractivity contribution >= 4 is 5.91 Å². The summed E-state index contributed by atoms with van der Waals surface area (Å²) in [4.78, 5) is 14.4. The minimum Gasteiger partial charge on any atom is -0.390 e. The lowest BCUT2D eigenvalue weighted by Crippen LogP contribution is -2.31. The average Bonchev–Trinajstić information content (AvgIpc) is 2.58. The van der Waals surface area contributed by atoms with Crippen LogP contribution in [0.2, 0.25) is 0 Å². The molecular weight excluding hydrogens is 302 g/mol. The van der Waals surface area contributed by atoms with E-state index in [1.807, 2.05) is 45.2 Å². The summed E-state index contributed by atoms with van der Waals surface area (Å²) in [6.45, 7) is 5.19. The number of hydrogen-bond acceptors (Lipinski definition) is 3. The van der Waals surface area contributed by atoms with Crippen LogP contribution in [0.3, 0.4) is 0 Å². The second kappa shape index (κ2) is 8.63. The smallest absolute Gasteiger partial charge is 0.253 e. The zero-order valence-electron chi connectivity index (χ0n) is 15.3. The fourth-order valence-electron chi connectivity index (χ4n) is 3.00. The number of aryl methyl sites for hydroxylation is 1. The largest absolute Gasteiger partial charge is 0.390 e. The molecule has 1 aliphatic rings. The lowest BCUT2D eigenvalue weighted by Gasteiger charge is -2.25. The molecule has 2 rings (SSSR count). The molecule has 0 saturated carbocycles. The molecule has 1 amide bonds. The molecule has 0 aromatic heterocycles. The van der Waals surface area contributed by atoms with Crippen molar-refractivity contribution in [1.29, 1.82) is 0 Å². The van der Waals surface area contributed by atoms with Gasteiger partial charge in [0.05, 0.1) is 11.7 Å². The predicted molar refractivity (Wildman–Crippen MR) is 96.2 cm³/mol. The van der Waals surface area contributed by atoms with E-state index in [2.05, 4.69) is 0 Å². The quantitative estimate of drug-likeness (QED) is 0.832. The third-order valence-electron chi connectivity index (χ3n) is 4.61. The van der Waals surface area contributed by atoms with E-state index < -0.39 is 5.60 Å². The van der Waals surface area contributed by atoms with Crippen LogP contribution < -0.4 is 0 Å². The summed E-state index contributed by atoms with van der Waals surface area (Å²) in [5.74, 6) is 0.0518. The van der Waals surface area contributed by atoms with E-state index in [1.54, 1.807) is 4.90 Å². The van der Waals surface area contributed by atoms with Crippen molar-refractivity contribution in [2.24, 2.45) is 0 Å². The van der Waals surface area contributed by atoms with Crippen LogP contribution in [0, 0.1) is 0 Å². The van der Waals surface area contributed by atoms with E-state index >= 15 is 0 Å². The number of aliphatic hydroxyl groups is 1. The molecule has 1 aliphatic heterocycles. The first kappa shape index (κ1) is 18.9. The summed E-state index contributed by atoms with van der Waals surface area (Å²) in [5, 5.41) is 9.85. The molecule has 1 heterocycles. The summed E-state index contributed by atoms with van der Waals surface area (Å²) >= 11 is 0. The maximum atomic E-state index is 12.6. The standard InChI is InChI=1S/C20H31NO3/c1-20(2,23)12-10-16-7-6-8-17(15-16)19(22)21(3)13-11-18-9-4-5-14-24-18/h6-8,15,18,23H,4-5,9-14H2,1-3H3/t18-/m0/s1. The Kier molecular flexibility index (Phi) is 6.81. The minimum absolute atomic E-state index is 0.0518. The molecule has 0 aliphatic carbocycles. The molecule has 1 fully saturated rings. The highest BCUT2D eigenvalue weighted by Crippen LogP contribution is 2.17. The lowest BCUT2D eigenvalue weighted by atomic mass is 9.97. The van der Waals surface area contributed by atoms with Gasteiger partial charge in [-0.25, -0.2) is 0 Å². The molecule has 1 N–H and O–H groups in total. The van der Waals surface area contributed by atoms with Gasteiger partial charge in [0, 0.05) is 25.8 Å². The molecule has 4 nitrogen and oxygen atoms in total. The monoisotopic (exact) mass is 333 g/mol. The second-order valence-corrected chi connectivity index (χ2v) is 7.52. The Morgan fingerprint density at radius 2 is 2.17 bits per heavy atom. The summed E-state index contributed by atoms with van der Waals surface area (Å²) < 4.78 is 5.74. The van der Waals surface area contributed by atoms with Crippen LogP contribution in [-0.2, 0) is 11.2 Å².